The van der Waals surface area contributed by atoms with Crippen LogP contribution in [0.4, 0.5) is 0 Å². The number of likely N-dealkylation sites (tertiary alicyclic amines) is 1. The van der Waals surface area contributed by atoms with E-state index in [9.17, 15) is 13.2 Å². The maximum absolute atomic E-state index is 12.7. The van der Waals surface area contributed by atoms with E-state index < -0.39 is 15.4 Å². The zero-order valence-electron chi connectivity index (χ0n) is 13.4. The minimum absolute atomic E-state index is 0.0783. The second-order valence-electron chi connectivity index (χ2n) is 6.35. The van der Waals surface area contributed by atoms with E-state index in [0.29, 0.717) is 43.4 Å². The highest BCUT2D eigenvalue weighted by Gasteiger charge is 2.52. The number of amides is 1. The average Bonchev–Trinajstić information content (AvgIpc) is 3.21. The molecule has 0 N–H and O–H groups in total. The summed E-state index contributed by atoms with van der Waals surface area (Å²) in [5.41, 5.74) is 0.415. The van der Waals surface area contributed by atoms with Crippen molar-refractivity contribution in [1.29, 1.82) is 0 Å². The van der Waals surface area contributed by atoms with Crippen molar-refractivity contribution in [1.82, 2.24) is 9.21 Å². The molecule has 2 aliphatic heterocycles. The molecule has 0 bridgehead atoms. The molecule has 3 heterocycles. The lowest BCUT2D eigenvalue weighted by Gasteiger charge is -2.23. The molecule has 0 aromatic carbocycles. The van der Waals surface area contributed by atoms with Crippen LogP contribution >= 0.6 is 11.3 Å². The van der Waals surface area contributed by atoms with Crippen LogP contribution in [0.5, 0.6) is 0 Å². The van der Waals surface area contributed by atoms with E-state index in [-0.39, 0.29) is 5.91 Å². The number of ether oxygens (including phenoxy) is 1. The fourth-order valence-corrected chi connectivity index (χ4v) is 6.30. The predicted octanol–water partition coefficient (Wildman–Crippen LogP) is 1.32. The van der Waals surface area contributed by atoms with Crippen molar-refractivity contribution in [2.45, 2.75) is 24.0 Å². The van der Waals surface area contributed by atoms with Crippen LogP contribution < -0.4 is 0 Å². The lowest BCUT2D eigenvalue weighted by Crippen LogP contribution is -2.39. The van der Waals surface area contributed by atoms with Crippen molar-refractivity contribution < 1.29 is 17.9 Å². The topological polar surface area (TPSA) is 66.9 Å². The summed E-state index contributed by atoms with van der Waals surface area (Å²) in [5, 5.41) is 1.84. The number of methoxy groups -OCH3 is 1. The largest absolute Gasteiger partial charge is 0.383 e. The van der Waals surface area contributed by atoms with Gasteiger partial charge in [0.05, 0.1) is 12.0 Å². The average molecular weight is 358 g/mol. The number of carbonyl (C=O) groups excluding carboxylic acids is 1. The van der Waals surface area contributed by atoms with Gasteiger partial charge in [-0.3, -0.25) is 4.79 Å². The molecule has 1 atom stereocenters. The third-order valence-electron chi connectivity index (χ3n) is 4.79. The highest BCUT2D eigenvalue weighted by molar-refractivity contribution is 7.91. The Labute approximate surface area is 141 Å². The number of nitrogens with zero attached hydrogens (tertiary/aromatic N) is 2. The summed E-state index contributed by atoms with van der Waals surface area (Å²) < 4.78 is 32.4. The minimum Gasteiger partial charge on any atom is -0.383 e. The normalized spacial score (nSPS) is 25.8. The van der Waals surface area contributed by atoms with Crippen LogP contribution in [0.25, 0.3) is 0 Å². The summed E-state index contributed by atoms with van der Waals surface area (Å²) in [7, 11) is -1.87. The van der Waals surface area contributed by atoms with E-state index >= 15 is 0 Å². The summed E-state index contributed by atoms with van der Waals surface area (Å²) in [6, 6.07) is 1.70. The molecular formula is C15H22N2O4S2. The molecule has 8 heteroatoms. The SMILES string of the molecule is COCCN1CCC2(CCN(S(=O)(=O)c3cc(C)cs3)C2)C1=O. The summed E-state index contributed by atoms with van der Waals surface area (Å²) in [5.74, 6) is 0.0783. The van der Waals surface area contributed by atoms with Gasteiger partial charge in [0.15, 0.2) is 0 Å². The van der Waals surface area contributed by atoms with Gasteiger partial charge in [-0.2, -0.15) is 4.31 Å². The van der Waals surface area contributed by atoms with Crippen LogP contribution in [0, 0.1) is 12.3 Å². The third kappa shape index (κ3) is 2.93. The monoisotopic (exact) mass is 358 g/mol. The molecule has 23 heavy (non-hydrogen) atoms. The first kappa shape index (κ1) is 16.9. The standard InChI is InChI=1S/C15H22N2O4S2/c1-12-9-13(22-10-12)23(19,20)17-6-4-15(11-17)3-5-16(14(15)18)7-8-21-2/h9-10H,3-8,11H2,1-2H3. The minimum atomic E-state index is -3.48. The van der Waals surface area contributed by atoms with Crippen LogP contribution in [0.3, 0.4) is 0 Å². The van der Waals surface area contributed by atoms with Crippen LogP contribution in [-0.2, 0) is 19.6 Å². The lowest BCUT2D eigenvalue weighted by atomic mass is 9.86. The van der Waals surface area contributed by atoms with Gasteiger partial charge < -0.3 is 9.64 Å². The van der Waals surface area contributed by atoms with Crippen molar-refractivity contribution in [3.05, 3.63) is 17.0 Å². The van der Waals surface area contributed by atoms with E-state index in [1.54, 1.807) is 18.1 Å². The van der Waals surface area contributed by atoms with Crippen molar-refractivity contribution in [2.24, 2.45) is 5.41 Å². The molecule has 0 saturated carbocycles. The molecule has 128 valence electrons. The molecule has 2 saturated heterocycles. The molecule has 2 fully saturated rings. The molecule has 3 rings (SSSR count). The van der Waals surface area contributed by atoms with Gasteiger partial charge in [-0.1, -0.05) is 0 Å². The van der Waals surface area contributed by atoms with Gasteiger partial charge in [-0.25, -0.2) is 8.42 Å². The lowest BCUT2D eigenvalue weighted by molar-refractivity contribution is -0.135. The highest BCUT2D eigenvalue weighted by Crippen LogP contribution is 2.42. The van der Waals surface area contributed by atoms with Gasteiger partial charge in [0, 0.05) is 33.3 Å². The fourth-order valence-electron chi connectivity index (χ4n) is 3.39. The van der Waals surface area contributed by atoms with Crippen LogP contribution in [0.15, 0.2) is 15.7 Å². The van der Waals surface area contributed by atoms with E-state index in [4.69, 9.17) is 4.74 Å². The van der Waals surface area contributed by atoms with E-state index in [2.05, 4.69) is 0 Å². The van der Waals surface area contributed by atoms with Crippen LogP contribution in [0.2, 0.25) is 0 Å². The third-order valence-corrected chi connectivity index (χ3v) is 8.16. The Hall–Kier alpha value is -0.960. The van der Waals surface area contributed by atoms with E-state index in [0.717, 1.165) is 12.0 Å². The predicted molar refractivity (Wildman–Crippen MR) is 87.9 cm³/mol. The molecule has 1 aromatic heterocycles. The highest BCUT2D eigenvalue weighted by atomic mass is 32.2. The number of thiophene rings is 1. The number of sulfonamides is 1. The number of aryl methyl sites for hydroxylation is 1. The Kier molecular flexibility index (Phi) is 4.52. The van der Waals surface area contributed by atoms with Gasteiger partial charge >= 0.3 is 0 Å². The molecular weight excluding hydrogens is 336 g/mol. The molecule has 6 nitrogen and oxygen atoms in total. The number of hydrogen-bond donors (Lipinski definition) is 0. The first-order chi connectivity index (χ1) is 10.9. The van der Waals surface area contributed by atoms with Gasteiger partial charge in [-0.15, -0.1) is 11.3 Å². The zero-order chi connectivity index (χ0) is 16.7. The molecule has 1 aromatic rings. The molecule has 0 aliphatic carbocycles. The molecule has 2 aliphatic rings. The summed E-state index contributed by atoms with van der Waals surface area (Å²) in [6.07, 6.45) is 1.34. The van der Waals surface area contributed by atoms with Gasteiger partial charge in [-0.05, 0) is 36.8 Å². The van der Waals surface area contributed by atoms with Crippen molar-refractivity contribution >= 4 is 27.3 Å². The second kappa shape index (κ2) is 6.16. The first-order valence-corrected chi connectivity index (χ1v) is 10.0. The smallest absolute Gasteiger partial charge is 0.252 e. The maximum atomic E-state index is 12.7. The van der Waals surface area contributed by atoms with Crippen molar-refractivity contribution in [3.63, 3.8) is 0 Å². The summed E-state index contributed by atoms with van der Waals surface area (Å²) in [4.78, 5) is 14.5. The van der Waals surface area contributed by atoms with E-state index in [1.807, 2.05) is 12.3 Å². The Bertz CT molecular complexity index is 700. The summed E-state index contributed by atoms with van der Waals surface area (Å²) >= 11 is 1.25. The number of carbonyl (C=O) groups is 1. The van der Waals surface area contributed by atoms with Crippen molar-refractivity contribution in [3.8, 4) is 0 Å². The zero-order valence-corrected chi connectivity index (χ0v) is 15.1. The van der Waals surface area contributed by atoms with Crippen LogP contribution in [-0.4, -0.2) is 63.4 Å². The Balaban J connectivity index is 1.75. The second-order valence-corrected chi connectivity index (χ2v) is 9.42. The molecule has 1 unspecified atom stereocenters. The summed E-state index contributed by atoms with van der Waals surface area (Å²) in [6.45, 7) is 4.38. The first-order valence-electron chi connectivity index (χ1n) is 7.73. The Morgan fingerprint density at radius 3 is 2.74 bits per heavy atom. The van der Waals surface area contributed by atoms with E-state index in [1.165, 1.54) is 15.6 Å². The molecule has 1 amide bonds. The van der Waals surface area contributed by atoms with Crippen LogP contribution in [0.1, 0.15) is 18.4 Å². The van der Waals surface area contributed by atoms with Gasteiger partial charge in [0.1, 0.15) is 4.21 Å². The molecule has 0 radical (unpaired) electrons. The maximum Gasteiger partial charge on any atom is 0.252 e. The number of rotatable bonds is 5. The van der Waals surface area contributed by atoms with Crippen molar-refractivity contribution in [2.75, 3.05) is 39.9 Å². The van der Waals surface area contributed by atoms with Gasteiger partial charge in [0.2, 0.25) is 5.91 Å². The Morgan fingerprint density at radius 2 is 2.09 bits per heavy atom. The van der Waals surface area contributed by atoms with Gasteiger partial charge in [0.25, 0.3) is 10.0 Å². The molecule has 1 spiro atoms. The Morgan fingerprint density at radius 1 is 1.35 bits per heavy atom. The quantitative estimate of drug-likeness (QED) is 0.796. The number of hydrogen-bond acceptors (Lipinski definition) is 5. The fraction of sp³-hybridized carbons (Fsp3) is 0.667.